The minimum Gasteiger partial charge on any atom is -0.495 e. The monoisotopic (exact) mass is 390 g/mol. The molecule has 1 heterocycles. The van der Waals surface area contributed by atoms with Gasteiger partial charge in [0.15, 0.2) is 0 Å². The van der Waals surface area contributed by atoms with Crippen LogP contribution in [0.2, 0.25) is 5.02 Å². The van der Waals surface area contributed by atoms with Gasteiger partial charge < -0.3 is 19.8 Å². The van der Waals surface area contributed by atoms with Crippen LogP contribution >= 0.6 is 11.6 Å². The zero-order chi connectivity index (χ0) is 19.2. The first-order chi connectivity index (χ1) is 13.1. The van der Waals surface area contributed by atoms with Gasteiger partial charge in [-0.1, -0.05) is 11.6 Å². The first-order valence-electron chi connectivity index (χ1n) is 9.01. The summed E-state index contributed by atoms with van der Waals surface area (Å²) in [5.74, 6) is 1.13. The maximum Gasteiger partial charge on any atom is 0.227 e. The number of furan rings is 1. The molecule has 144 valence electrons. The maximum atomic E-state index is 12.5. The van der Waals surface area contributed by atoms with Crippen LogP contribution in [0.3, 0.4) is 0 Å². The summed E-state index contributed by atoms with van der Waals surface area (Å²) >= 11 is 6.09. The fraction of sp³-hybridized carbons (Fsp3) is 0.400. The number of nitrogens with one attached hydrogen (secondary N) is 2. The van der Waals surface area contributed by atoms with Crippen molar-refractivity contribution in [2.45, 2.75) is 32.2 Å². The van der Waals surface area contributed by atoms with E-state index >= 15 is 0 Å². The van der Waals surface area contributed by atoms with Crippen molar-refractivity contribution < 1.29 is 18.7 Å². The van der Waals surface area contributed by atoms with Crippen molar-refractivity contribution in [1.82, 2.24) is 5.32 Å². The van der Waals surface area contributed by atoms with Gasteiger partial charge in [0.25, 0.3) is 0 Å². The average molecular weight is 391 g/mol. The van der Waals surface area contributed by atoms with E-state index in [4.69, 9.17) is 20.8 Å². The zero-order valence-electron chi connectivity index (χ0n) is 15.2. The normalized spacial score (nSPS) is 19.3. The fourth-order valence-corrected chi connectivity index (χ4v) is 3.60. The molecule has 2 amide bonds. The van der Waals surface area contributed by atoms with E-state index in [0.29, 0.717) is 48.7 Å². The van der Waals surface area contributed by atoms with Crippen LogP contribution in [0.25, 0.3) is 0 Å². The molecular weight excluding hydrogens is 368 g/mol. The van der Waals surface area contributed by atoms with Crippen molar-refractivity contribution in [3.63, 3.8) is 0 Å². The van der Waals surface area contributed by atoms with Crippen LogP contribution in [0.1, 0.15) is 31.4 Å². The van der Waals surface area contributed by atoms with Crippen molar-refractivity contribution in [1.29, 1.82) is 0 Å². The lowest BCUT2D eigenvalue weighted by Crippen LogP contribution is -2.35. The first-order valence-corrected chi connectivity index (χ1v) is 9.39. The number of halogens is 1. The molecular formula is C20H23ClN2O4. The molecule has 1 fully saturated rings. The summed E-state index contributed by atoms with van der Waals surface area (Å²) in [5, 5.41) is 6.25. The first kappa shape index (κ1) is 19.3. The second-order valence-electron chi connectivity index (χ2n) is 6.68. The lowest BCUT2D eigenvalue weighted by atomic mass is 9.81. The summed E-state index contributed by atoms with van der Waals surface area (Å²) in [5.41, 5.74) is 0.643. The highest BCUT2D eigenvalue weighted by atomic mass is 35.5. The number of carbonyl (C=O) groups excluding carboxylic acids is 2. The third-order valence-corrected chi connectivity index (χ3v) is 5.20. The summed E-state index contributed by atoms with van der Waals surface area (Å²) in [7, 11) is 1.54. The maximum absolute atomic E-state index is 12.5. The van der Waals surface area contributed by atoms with Crippen molar-refractivity contribution in [2.24, 2.45) is 11.8 Å². The van der Waals surface area contributed by atoms with E-state index in [1.165, 1.54) is 0 Å². The Hall–Kier alpha value is -2.47. The Kier molecular flexibility index (Phi) is 6.40. The number of methoxy groups -OCH3 is 1. The molecule has 1 aromatic heterocycles. The van der Waals surface area contributed by atoms with Crippen LogP contribution in [0.5, 0.6) is 5.75 Å². The number of amides is 2. The molecule has 1 saturated carbocycles. The number of rotatable bonds is 6. The molecule has 7 heteroatoms. The van der Waals surface area contributed by atoms with Crippen LogP contribution < -0.4 is 15.4 Å². The summed E-state index contributed by atoms with van der Waals surface area (Å²) < 4.78 is 10.3. The average Bonchev–Trinajstić information content (AvgIpc) is 3.20. The van der Waals surface area contributed by atoms with Gasteiger partial charge in [0, 0.05) is 17.5 Å². The molecule has 2 N–H and O–H groups in total. The standard InChI is InChI=1S/C20H23ClN2O4/c1-26-18-9-8-15(11-17(18)21)23-20(25)14-6-4-13(5-7-14)19(24)22-12-16-3-2-10-27-16/h2-3,8-11,13-14H,4-7,12H2,1H3,(H,22,24)(H,23,25). The molecule has 1 aliphatic carbocycles. The highest BCUT2D eigenvalue weighted by Crippen LogP contribution is 2.31. The van der Waals surface area contributed by atoms with Crippen LogP contribution in [-0.4, -0.2) is 18.9 Å². The second kappa shape index (κ2) is 8.95. The molecule has 1 aliphatic rings. The molecule has 0 radical (unpaired) electrons. The molecule has 0 unspecified atom stereocenters. The van der Waals surface area contributed by atoms with E-state index in [9.17, 15) is 9.59 Å². The molecule has 0 atom stereocenters. The largest absolute Gasteiger partial charge is 0.495 e. The minimum atomic E-state index is -0.0972. The van der Waals surface area contributed by atoms with Crippen LogP contribution in [0.4, 0.5) is 5.69 Å². The molecule has 0 saturated heterocycles. The van der Waals surface area contributed by atoms with E-state index in [0.717, 1.165) is 5.76 Å². The lowest BCUT2D eigenvalue weighted by Gasteiger charge is -2.27. The van der Waals surface area contributed by atoms with Gasteiger partial charge in [-0.15, -0.1) is 0 Å². The molecule has 0 aliphatic heterocycles. The van der Waals surface area contributed by atoms with E-state index in [2.05, 4.69) is 10.6 Å². The van der Waals surface area contributed by atoms with Gasteiger partial charge in [-0.25, -0.2) is 0 Å². The van der Waals surface area contributed by atoms with Crippen molar-refractivity contribution in [2.75, 3.05) is 12.4 Å². The van der Waals surface area contributed by atoms with Crippen molar-refractivity contribution >= 4 is 29.1 Å². The van der Waals surface area contributed by atoms with Crippen LogP contribution in [0, 0.1) is 11.8 Å². The highest BCUT2D eigenvalue weighted by Gasteiger charge is 2.30. The van der Waals surface area contributed by atoms with Gasteiger partial charge >= 0.3 is 0 Å². The molecule has 0 spiro atoms. The summed E-state index contributed by atoms with van der Waals surface area (Å²) in [6.07, 6.45) is 4.36. The van der Waals surface area contributed by atoms with E-state index < -0.39 is 0 Å². The Bertz CT molecular complexity index is 783. The number of ether oxygens (including phenoxy) is 1. The zero-order valence-corrected chi connectivity index (χ0v) is 15.9. The highest BCUT2D eigenvalue weighted by molar-refractivity contribution is 6.32. The molecule has 6 nitrogen and oxygen atoms in total. The van der Waals surface area contributed by atoms with Crippen molar-refractivity contribution in [3.05, 3.63) is 47.4 Å². The fourth-order valence-electron chi connectivity index (χ4n) is 3.34. The number of hydrogen-bond donors (Lipinski definition) is 2. The van der Waals surface area contributed by atoms with Crippen molar-refractivity contribution in [3.8, 4) is 5.75 Å². The Balaban J connectivity index is 1.46. The third kappa shape index (κ3) is 5.04. The Labute approximate surface area is 163 Å². The minimum absolute atomic E-state index is 0.0206. The van der Waals surface area contributed by atoms with Gasteiger partial charge in [0.2, 0.25) is 11.8 Å². The Morgan fingerprint density at radius 1 is 1.15 bits per heavy atom. The van der Waals surface area contributed by atoms with E-state index in [-0.39, 0.29) is 23.7 Å². The molecule has 0 bridgehead atoms. The second-order valence-corrected chi connectivity index (χ2v) is 7.09. The number of benzene rings is 1. The number of hydrogen-bond acceptors (Lipinski definition) is 4. The molecule has 2 aromatic rings. The molecule has 27 heavy (non-hydrogen) atoms. The van der Waals surface area contributed by atoms with Gasteiger partial charge in [-0.05, 0) is 56.0 Å². The summed E-state index contributed by atoms with van der Waals surface area (Å²) in [6.45, 7) is 0.393. The van der Waals surface area contributed by atoms with Crippen LogP contribution in [0.15, 0.2) is 41.0 Å². The smallest absolute Gasteiger partial charge is 0.227 e. The molecule has 3 rings (SSSR count). The van der Waals surface area contributed by atoms with E-state index in [1.807, 2.05) is 6.07 Å². The summed E-state index contributed by atoms with van der Waals surface area (Å²) in [4.78, 5) is 24.8. The van der Waals surface area contributed by atoms with Gasteiger partial charge in [-0.3, -0.25) is 9.59 Å². The SMILES string of the molecule is COc1ccc(NC(=O)C2CCC(C(=O)NCc3ccco3)CC2)cc1Cl. The summed E-state index contributed by atoms with van der Waals surface area (Å²) in [6, 6.07) is 8.77. The Morgan fingerprint density at radius 3 is 2.44 bits per heavy atom. The third-order valence-electron chi connectivity index (χ3n) is 4.91. The quantitative estimate of drug-likeness (QED) is 0.781. The Morgan fingerprint density at radius 2 is 1.85 bits per heavy atom. The predicted octanol–water partition coefficient (Wildman–Crippen LogP) is 4.00. The lowest BCUT2D eigenvalue weighted by molar-refractivity contribution is -0.128. The topological polar surface area (TPSA) is 80.6 Å². The number of carbonyl (C=O) groups is 2. The van der Waals surface area contributed by atoms with Gasteiger partial charge in [0.05, 0.1) is 24.9 Å². The van der Waals surface area contributed by atoms with E-state index in [1.54, 1.807) is 37.6 Å². The van der Waals surface area contributed by atoms with Gasteiger partial charge in [0.1, 0.15) is 11.5 Å². The number of anilines is 1. The van der Waals surface area contributed by atoms with Gasteiger partial charge in [-0.2, -0.15) is 0 Å². The molecule has 1 aromatic carbocycles. The van der Waals surface area contributed by atoms with Crippen LogP contribution in [-0.2, 0) is 16.1 Å². The predicted molar refractivity (Wildman–Crippen MR) is 103 cm³/mol.